The fourth-order valence-corrected chi connectivity index (χ4v) is 4.36. The molecule has 1 unspecified atom stereocenters. The molecule has 2 aromatic heterocycles. The van der Waals surface area contributed by atoms with E-state index in [0.717, 1.165) is 24.6 Å². The van der Waals surface area contributed by atoms with Crippen LogP contribution in [0.15, 0.2) is 52.3 Å². The van der Waals surface area contributed by atoms with E-state index in [2.05, 4.69) is 15.5 Å². The van der Waals surface area contributed by atoms with Crippen molar-refractivity contribution in [3.63, 3.8) is 0 Å². The highest BCUT2D eigenvalue weighted by atomic mass is 35.5. The average molecular weight is 474 g/mol. The number of morpholine rings is 1. The molecule has 3 heterocycles. The summed E-state index contributed by atoms with van der Waals surface area (Å²) in [7, 11) is 0. The second-order valence-corrected chi connectivity index (χ2v) is 8.80. The van der Waals surface area contributed by atoms with Crippen LogP contribution >= 0.6 is 22.9 Å². The molecular formula is C23H24ClN3O4S. The van der Waals surface area contributed by atoms with Gasteiger partial charge >= 0.3 is 0 Å². The number of halogens is 1. The molecule has 1 atom stereocenters. The first-order chi connectivity index (χ1) is 15.5. The molecule has 0 radical (unpaired) electrons. The number of hydrogen-bond donors (Lipinski definition) is 2. The van der Waals surface area contributed by atoms with Gasteiger partial charge in [-0.15, -0.1) is 11.3 Å². The first-order valence-electron chi connectivity index (χ1n) is 10.3. The molecule has 1 saturated heterocycles. The van der Waals surface area contributed by atoms with Crippen molar-refractivity contribution in [1.82, 2.24) is 10.2 Å². The van der Waals surface area contributed by atoms with Gasteiger partial charge < -0.3 is 19.8 Å². The predicted octanol–water partition coefficient (Wildman–Crippen LogP) is 4.36. The average Bonchev–Trinajstić information content (AvgIpc) is 3.48. The van der Waals surface area contributed by atoms with Crippen LogP contribution in [0.4, 0.5) is 5.69 Å². The van der Waals surface area contributed by atoms with Gasteiger partial charge in [0.15, 0.2) is 0 Å². The zero-order valence-electron chi connectivity index (χ0n) is 17.6. The highest BCUT2D eigenvalue weighted by Crippen LogP contribution is 2.26. The first-order valence-corrected chi connectivity index (χ1v) is 11.6. The molecule has 3 aromatic rings. The Morgan fingerprint density at radius 3 is 2.66 bits per heavy atom. The maximum Gasteiger partial charge on any atom is 0.265 e. The number of nitrogens with one attached hydrogen (secondary N) is 2. The smallest absolute Gasteiger partial charge is 0.265 e. The molecule has 9 heteroatoms. The molecule has 2 N–H and O–H groups in total. The molecule has 1 aliphatic heterocycles. The fourth-order valence-electron chi connectivity index (χ4n) is 3.58. The van der Waals surface area contributed by atoms with Gasteiger partial charge in [0.25, 0.3) is 11.8 Å². The van der Waals surface area contributed by atoms with E-state index < -0.39 is 0 Å². The van der Waals surface area contributed by atoms with E-state index in [1.165, 1.54) is 11.3 Å². The first kappa shape index (κ1) is 22.5. The summed E-state index contributed by atoms with van der Waals surface area (Å²) >= 11 is 7.58. The predicted molar refractivity (Wildman–Crippen MR) is 125 cm³/mol. The lowest BCUT2D eigenvalue weighted by molar-refractivity contribution is 0.0117. The molecule has 1 aliphatic rings. The lowest BCUT2D eigenvalue weighted by Crippen LogP contribution is -2.43. The van der Waals surface area contributed by atoms with E-state index in [1.807, 2.05) is 24.4 Å². The van der Waals surface area contributed by atoms with Crippen molar-refractivity contribution < 1.29 is 18.7 Å². The van der Waals surface area contributed by atoms with Gasteiger partial charge in [0, 0.05) is 25.2 Å². The minimum atomic E-state index is -0.264. The number of hydrogen-bond acceptors (Lipinski definition) is 6. The number of aryl methyl sites for hydroxylation is 1. The molecule has 32 heavy (non-hydrogen) atoms. The number of anilines is 1. The van der Waals surface area contributed by atoms with Crippen LogP contribution in [-0.4, -0.2) is 49.6 Å². The second kappa shape index (κ2) is 10.3. The van der Waals surface area contributed by atoms with Crippen LogP contribution in [0.3, 0.4) is 0 Å². The van der Waals surface area contributed by atoms with Gasteiger partial charge in [0.05, 0.1) is 34.8 Å². The molecule has 7 nitrogen and oxygen atoms in total. The number of ether oxygens (including phenoxy) is 1. The molecule has 1 aromatic carbocycles. The Balaban J connectivity index is 1.45. The summed E-state index contributed by atoms with van der Waals surface area (Å²) in [6.45, 7) is 5.10. The SMILES string of the molecule is Cc1ccc(C(CNC(=O)c2ccc(Cl)c(NC(=O)c3cccs3)c2)N2CCOCC2)o1. The Labute approximate surface area is 195 Å². The Kier molecular flexibility index (Phi) is 7.26. The van der Waals surface area contributed by atoms with Crippen molar-refractivity contribution >= 4 is 40.4 Å². The van der Waals surface area contributed by atoms with Crippen molar-refractivity contribution in [1.29, 1.82) is 0 Å². The van der Waals surface area contributed by atoms with Crippen LogP contribution in [0, 0.1) is 6.92 Å². The van der Waals surface area contributed by atoms with Crippen molar-refractivity contribution in [2.75, 3.05) is 38.2 Å². The van der Waals surface area contributed by atoms with Gasteiger partial charge in [-0.2, -0.15) is 0 Å². The van der Waals surface area contributed by atoms with E-state index in [-0.39, 0.29) is 17.9 Å². The normalized spacial score (nSPS) is 15.3. The zero-order valence-corrected chi connectivity index (χ0v) is 19.2. The summed E-state index contributed by atoms with van der Waals surface area (Å²) in [6, 6.07) is 12.1. The van der Waals surface area contributed by atoms with Crippen molar-refractivity contribution in [2.45, 2.75) is 13.0 Å². The number of nitrogens with zero attached hydrogens (tertiary/aromatic N) is 1. The lowest BCUT2D eigenvalue weighted by Gasteiger charge is -2.33. The van der Waals surface area contributed by atoms with Crippen LogP contribution in [0.2, 0.25) is 5.02 Å². The summed E-state index contributed by atoms with van der Waals surface area (Å²) < 4.78 is 11.3. The highest BCUT2D eigenvalue weighted by molar-refractivity contribution is 7.12. The summed E-state index contributed by atoms with van der Waals surface area (Å²) in [6.07, 6.45) is 0. The number of thiophene rings is 1. The topological polar surface area (TPSA) is 83.8 Å². The van der Waals surface area contributed by atoms with Crippen LogP contribution in [0.1, 0.15) is 37.6 Å². The molecule has 0 bridgehead atoms. The highest BCUT2D eigenvalue weighted by Gasteiger charge is 2.26. The maximum atomic E-state index is 12.9. The number of amides is 2. The molecule has 0 spiro atoms. The van der Waals surface area contributed by atoms with Gasteiger partial charge in [-0.1, -0.05) is 17.7 Å². The fraction of sp³-hybridized carbons (Fsp3) is 0.304. The van der Waals surface area contributed by atoms with Crippen molar-refractivity contribution in [2.24, 2.45) is 0 Å². The quantitative estimate of drug-likeness (QED) is 0.532. The zero-order chi connectivity index (χ0) is 22.5. The Morgan fingerprint density at radius 1 is 1.16 bits per heavy atom. The van der Waals surface area contributed by atoms with Gasteiger partial charge in [0.1, 0.15) is 11.5 Å². The van der Waals surface area contributed by atoms with Crippen LogP contribution in [0.25, 0.3) is 0 Å². The largest absolute Gasteiger partial charge is 0.465 e. The third kappa shape index (κ3) is 5.39. The van der Waals surface area contributed by atoms with Gasteiger partial charge in [-0.05, 0) is 48.7 Å². The Hall–Kier alpha value is -2.65. The summed E-state index contributed by atoms with van der Waals surface area (Å²) in [5, 5.41) is 7.96. The van der Waals surface area contributed by atoms with E-state index in [9.17, 15) is 9.59 Å². The number of furan rings is 1. The lowest BCUT2D eigenvalue weighted by atomic mass is 10.1. The minimum absolute atomic E-state index is 0.0955. The summed E-state index contributed by atoms with van der Waals surface area (Å²) in [5.41, 5.74) is 0.802. The Morgan fingerprint density at radius 2 is 1.97 bits per heavy atom. The van der Waals surface area contributed by atoms with Crippen molar-refractivity contribution in [3.05, 3.63) is 74.8 Å². The van der Waals surface area contributed by atoms with E-state index >= 15 is 0 Å². The number of carbonyl (C=O) groups is 2. The van der Waals surface area contributed by atoms with Crippen LogP contribution in [0.5, 0.6) is 0 Å². The third-order valence-electron chi connectivity index (χ3n) is 5.25. The molecule has 2 amide bonds. The van der Waals surface area contributed by atoms with E-state index in [4.69, 9.17) is 20.8 Å². The molecule has 4 rings (SSSR count). The Bertz CT molecular complexity index is 1080. The number of rotatable bonds is 7. The van der Waals surface area contributed by atoms with Gasteiger partial charge in [-0.25, -0.2) is 0 Å². The molecule has 0 saturated carbocycles. The summed E-state index contributed by atoms with van der Waals surface area (Å²) in [5.74, 6) is 1.12. The molecule has 168 valence electrons. The molecular weight excluding hydrogens is 450 g/mol. The van der Waals surface area contributed by atoms with E-state index in [1.54, 1.807) is 30.3 Å². The summed E-state index contributed by atoms with van der Waals surface area (Å²) in [4.78, 5) is 28.1. The van der Waals surface area contributed by atoms with Gasteiger partial charge in [0.2, 0.25) is 0 Å². The van der Waals surface area contributed by atoms with Crippen LogP contribution < -0.4 is 10.6 Å². The maximum absolute atomic E-state index is 12.9. The van der Waals surface area contributed by atoms with Crippen LogP contribution in [-0.2, 0) is 4.74 Å². The van der Waals surface area contributed by atoms with E-state index in [0.29, 0.717) is 40.9 Å². The molecule has 0 aliphatic carbocycles. The van der Waals surface area contributed by atoms with Crippen molar-refractivity contribution in [3.8, 4) is 0 Å². The number of benzene rings is 1. The third-order valence-corrected chi connectivity index (χ3v) is 6.45. The standard InChI is InChI=1S/C23H24ClN3O4S/c1-15-4-7-20(31-15)19(27-8-10-30-11-9-27)14-25-22(28)16-5-6-17(24)18(13-16)26-23(29)21-3-2-12-32-21/h2-7,12-13,19H,8-11,14H2,1H3,(H,25,28)(H,26,29). The minimum Gasteiger partial charge on any atom is -0.465 e. The number of carbonyl (C=O) groups excluding carboxylic acids is 2. The van der Waals surface area contributed by atoms with Gasteiger partial charge in [-0.3, -0.25) is 14.5 Å². The molecule has 1 fully saturated rings. The monoisotopic (exact) mass is 473 g/mol. The second-order valence-electron chi connectivity index (χ2n) is 7.45.